The standard InChI is InChI=1S/C13H17N3/c1-10-3-4-11(2)12(5-10)6-14-7-13-8-15-9-16-13/h3-5,8-9,14H,6-7H2,1-2H3,(H,15,16). The highest BCUT2D eigenvalue weighted by atomic mass is 14.9. The molecule has 0 amide bonds. The molecule has 0 fully saturated rings. The van der Waals surface area contributed by atoms with Crippen LogP contribution in [0.25, 0.3) is 0 Å². The van der Waals surface area contributed by atoms with Crippen molar-refractivity contribution in [2.45, 2.75) is 26.9 Å². The summed E-state index contributed by atoms with van der Waals surface area (Å²) in [5, 5.41) is 3.40. The highest BCUT2D eigenvalue weighted by molar-refractivity contribution is 5.30. The molecule has 0 radical (unpaired) electrons. The van der Waals surface area contributed by atoms with Gasteiger partial charge in [0.05, 0.1) is 6.33 Å². The summed E-state index contributed by atoms with van der Waals surface area (Å²) < 4.78 is 0. The number of aromatic nitrogens is 2. The lowest BCUT2D eigenvalue weighted by Crippen LogP contribution is -2.13. The third kappa shape index (κ3) is 2.70. The third-order valence-corrected chi connectivity index (χ3v) is 2.69. The van der Waals surface area contributed by atoms with Gasteiger partial charge in [0, 0.05) is 25.0 Å². The van der Waals surface area contributed by atoms with Crippen molar-refractivity contribution >= 4 is 0 Å². The fraction of sp³-hybridized carbons (Fsp3) is 0.308. The average Bonchev–Trinajstić information content (AvgIpc) is 2.76. The summed E-state index contributed by atoms with van der Waals surface area (Å²) in [6, 6.07) is 6.55. The summed E-state index contributed by atoms with van der Waals surface area (Å²) in [6.45, 7) is 5.99. The number of aromatic amines is 1. The van der Waals surface area contributed by atoms with E-state index in [2.05, 4.69) is 47.3 Å². The van der Waals surface area contributed by atoms with Gasteiger partial charge in [0.1, 0.15) is 0 Å². The zero-order valence-electron chi connectivity index (χ0n) is 9.75. The smallest absolute Gasteiger partial charge is 0.0922 e. The van der Waals surface area contributed by atoms with Crippen molar-refractivity contribution in [2.75, 3.05) is 0 Å². The van der Waals surface area contributed by atoms with Crippen molar-refractivity contribution < 1.29 is 0 Å². The van der Waals surface area contributed by atoms with Crippen LogP contribution in [0.4, 0.5) is 0 Å². The van der Waals surface area contributed by atoms with E-state index in [1.807, 2.05) is 6.20 Å². The second kappa shape index (κ2) is 4.94. The quantitative estimate of drug-likeness (QED) is 0.821. The molecule has 0 saturated carbocycles. The predicted molar refractivity (Wildman–Crippen MR) is 65.0 cm³/mol. The van der Waals surface area contributed by atoms with Crippen LogP contribution in [-0.4, -0.2) is 9.97 Å². The number of H-pyrrole nitrogens is 1. The molecule has 0 aliphatic rings. The van der Waals surface area contributed by atoms with Crippen LogP contribution in [0.15, 0.2) is 30.7 Å². The topological polar surface area (TPSA) is 40.7 Å². The highest BCUT2D eigenvalue weighted by Crippen LogP contribution is 2.10. The Labute approximate surface area is 95.9 Å². The largest absolute Gasteiger partial charge is 0.347 e. The summed E-state index contributed by atoms with van der Waals surface area (Å²) in [7, 11) is 0. The molecule has 1 heterocycles. The van der Waals surface area contributed by atoms with E-state index >= 15 is 0 Å². The Kier molecular flexibility index (Phi) is 3.37. The maximum absolute atomic E-state index is 3.98. The molecular weight excluding hydrogens is 198 g/mol. The fourth-order valence-corrected chi connectivity index (χ4v) is 1.70. The summed E-state index contributed by atoms with van der Waals surface area (Å²) in [5.41, 5.74) is 5.12. The summed E-state index contributed by atoms with van der Waals surface area (Å²) >= 11 is 0. The van der Waals surface area contributed by atoms with Gasteiger partial charge >= 0.3 is 0 Å². The molecule has 2 rings (SSSR count). The minimum atomic E-state index is 0.827. The Hall–Kier alpha value is -1.61. The maximum Gasteiger partial charge on any atom is 0.0922 e. The first-order valence-electron chi connectivity index (χ1n) is 5.50. The zero-order valence-corrected chi connectivity index (χ0v) is 9.75. The van der Waals surface area contributed by atoms with Crippen molar-refractivity contribution in [2.24, 2.45) is 0 Å². The van der Waals surface area contributed by atoms with Crippen LogP contribution in [0.1, 0.15) is 22.4 Å². The Bertz CT molecular complexity index is 446. The van der Waals surface area contributed by atoms with Crippen molar-refractivity contribution in [3.05, 3.63) is 53.1 Å². The first-order valence-corrected chi connectivity index (χ1v) is 5.50. The molecule has 0 aliphatic carbocycles. The summed E-state index contributed by atoms with van der Waals surface area (Å²) in [5.74, 6) is 0. The van der Waals surface area contributed by atoms with Gasteiger partial charge in [-0.15, -0.1) is 0 Å². The number of aryl methyl sites for hydroxylation is 2. The Balaban J connectivity index is 1.92. The van der Waals surface area contributed by atoms with Crippen molar-refractivity contribution in [3.63, 3.8) is 0 Å². The van der Waals surface area contributed by atoms with E-state index in [0.29, 0.717) is 0 Å². The van der Waals surface area contributed by atoms with Crippen molar-refractivity contribution in [1.82, 2.24) is 15.3 Å². The monoisotopic (exact) mass is 215 g/mol. The van der Waals surface area contributed by atoms with E-state index in [9.17, 15) is 0 Å². The molecule has 2 aromatic rings. The second-order valence-corrected chi connectivity index (χ2v) is 4.11. The minimum Gasteiger partial charge on any atom is -0.347 e. The van der Waals surface area contributed by atoms with Gasteiger partial charge < -0.3 is 10.3 Å². The van der Waals surface area contributed by atoms with Crippen LogP contribution in [0.3, 0.4) is 0 Å². The number of benzene rings is 1. The lowest BCUT2D eigenvalue weighted by molar-refractivity contribution is 0.679. The van der Waals surface area contributed by atoms with Gasteiger partial charge in [-0.05, 0) is 25.0 Å². The Morgan fingerprint density at radius 3 is 2.88 bits per heavy atom. The molecule has 16 heavy (non-hydrogen) atoms. The molecular formula is C13H17N3. The van der Waals surface area contributed by atoms with Crippen LogP contribution in [-0.2, 0) is 13.1 Å². The van der Waals surface area contributed by atoms with Crippen LogP contribution in [0.2, 0.25) is 0 Å². The molecule has 0 spiro atoms. The highest BCUT2D eigenvalue weighted by Gasteiger charge is 1.99. The summed E-state index contributed by atoms with van der Waals surface area (Å²) in [4.78, 5) is 7.06. The number of hydrogen-bond acceptors (Lipinski definition) is 2. The summed E-state index contributed by atoms with van der Waals surface area (Å²) in [6.07, 6.45) is 3.55. The average molecular weight is 215 g/mol. The lowest BCUT2D eigenvalue weighted by atomic mass is 10.1. The van der Waals surface area contributed by atoms with Crippen LogP contribution >= 0.6 is 0 Å². The second-order valence-electron chi connectivity index (χ2n) is 4.11. The van der Waals surface area contributed by atoms with Crippen LogP contribution in [0, 0.1) is 13.8 Å². The molecule has 84 valence electrons. The first kappa shape index (κ1) is 10.9. The van der Waals surface area contributed by atoms with Crippen molar-refractivity contribution in [3.8, 4) is 0 Å². The lowest BCUT2D eigenvalue weighted by Gasteiger charge is -2.08. The van der Waals surface area contributed by atoms with Gasteiger partial charge in [0.25, 0.3) is 0 Å². The first-order chi connectivity index (χ1) is 7.75. The Morgan fingerprint density at radius 1 is 1.25 bits per heavy atom. The van der Waals surface area contributed by atoms with Gasteiger partial charge in [0.2, 0.25) is 0 Å². The predicted octanol–water partition coefficient (Wildman–Crippen LogP) is 2.32. The number of nitrogens with zero attached hydrogens (tertiary/aromatic N) is 1. The van der Waals surface area contributed by atoms with Crippen molar-refractivity contribution in [1.29, 1.82) is 0 Å². The van der Waals surface area contributed by atoms with Crippen LogP contribution in [0.5, 0.6) is 0 Å². The maximum atomic E-state index is 3.98. The van der Waals surface area contributed by atoms with Gasteiger partial charge in [-0.3, -0.25) is 0 Å². The molecule has 0 unspecified atom stereocenters. The van der Waals surface area contributed by atoms with E-state index in [-0.39, 0.29) is 0 Å². The van der Waals surface area contributed by atoms with E-state index in [0.717, 1.165) is 18.8 Å². The number of hydrogen-bond donors (Lipinski definition) is 2. The molecule has 3 nitrogen and oxygen atoms in total. The van der Waals surface area contributed by atoms with E-state index in [1.54, 1.807) is 6.33 Å². The normalized spacial score (nSPS) is 10.6. The molecule has 3 heteroatoms. The van der Waals surface area contributed by atoms with Gasteiger partial charge in [0.15, 0.2) is 0 Å². The number of rotatable bonds is 4. The molecule has 0 saturated heterocycles. The molecule has 2 N–H and O–H groups in total. The van der Waals surface area contributed by atoms with Crippen LogP contribution < -0.4 is 5.32 Å². The van der Waals surface area contributed by atoms with E-state index in [1.165, 1.54) is 16.7 Å². The zero-order chi connectivity index (χ0) is 11.4. The number of imidazole rings is 1. The van der Waals surface area contributed by atoms with E-state index in [4.69, 9.17) is 0 Å². The SMILES string of the molecule is Cc1ccc(C)c(CNCc2cnc[nH]2)c1. The third-order valence-electron chi connectivity index (χ3n) is 2.69. The van der Waals surface area contributed by atoms with E-state index < -0.39 is 0 Å². The molecule has 0 aliphatic heterocycles. The minimum absolute atomic E-state index is 0.827. The van der Waals surface area contributed by atoms with Gasteiger partial charge in [-0.2, -0.15) is 0 Å². The molecule has 1 aromatic heterocycles. The molecule has 0 bridgehead atoms. The number of nitrogens with one attached hydrogen (secondary N) is 2. The molecule has 1 aromatic carbocycles. The Morgan fingerprint density at radius 2 is 2.12 bits per heavy atom. The molecule has 0 atom stereocenters. The fourth-order valence-electron chi connectivity index (χ4n) is 1.70. The van der Waals surface area contributed by atoms with Gasteiger partial charge in [-0.25, -0.2) is 4.98 Å². The van der Waals surface area contributed by atoms with Gasteiger partial charge in [-0.1, -0.05) is 23.8 Å².